The summed E-state index contributed by atoms with van der Waals surface area (Å²) in [5.41, 5.74) is 2.02. The molecule has 0 saturated heterocycles. The van der Waals surface area contributed by atoms with Crippen molar-refractivity contribution in [1.29, 1.82) is 0 Å². The highest BCUT2D eigenvalue weighted by atomic mass is 127. The first-order valence-electron chi connectivity index (χ1n) is 7.18. The maximum Gasteiger partial charge on any atom is 0.345 e. The molecular weight excluding hydrogens is 443 g/mol. The number of benzene rings is 2. The summed E-state index contributed by atoms with van der Waals surface area (Å²) in [6.07, 6.45) is 0.911. The Labute approximate surface area is 158 Å². The zero-order valence-corrected chi connectivity index (χ0v) is 15.7. The summed E-state index contributed by atoms with van der Waals surface area (Å²) in [6, 6.07) is 12.8. The topological polar surface area (TPSA) is 44.8 Å². The number of rotatable bonds is 4. The molecule has 0 fully saturated rings. The highest BCUT2D eigenvalue weighted by Crippen LogP contribution is 2.32. The summed E-state index contributed by atoms with van der Waals surface area (Å²) < 4.78 is 17.5. The zero-order valence-electron chi connectivity index (χ0n) is 12.8. The Morgan fingerprint density at radius 3 is 2.67 bits per heavy atom. The molecule has 1 aliphatic rings. The van der Waals surface area contributed by atoms with Gasteiger partial charge in [0.05, 0.1) is 0 Å². The molecule has 1 unspecified atom stereocenters. The van der Waals surface area contributed by atoms with E-state index in [-0.39, 0.29) is 0 Å². The highest BCUT2D eigenvalue weighted by molar-refractivity contribution is 14.1. The third-order valence-corrected chi connectivity index (χ3v) is 4.53. The minimum Gasteiger partial charge on any atom is -0.460 e. The molecule has 0 bridgehead atoms. The molecule has 6 heteroatoms. The highest BCUT2D eigenvalue weighted by Gasteiger charge is 2.29. The van der Waals surface area contributed by atoms with Crippen LogP contribution >= 0.6 is 34.2 Å². The number of carbonyl (C=O) groups excluding carboxylic acids is 1. The molecule has 1 atom stereocenters. The van der Waals surface area contributed by atoms with Crippen molar-refractivity contribution in [3.05, 3.63) is 62.7 Å². The van der Waals surface area contributed by atoms with Crippen molar-refractivity contribution in [2.24, 2.45) is 0 Å². The van der Waals surface area contributed by atoms with E-state index in [0.29, 0.717) is 23.0 Å². The van der Waals surface area contributed by atoms with Crippen LogP contribution in [0.5, 0.6) is 11.5 Å². The fraction of sp³-hybridized carbons (Fsp3) is 0.167. The molecule has 0 aliphatic carbocycles. The van der Waals surface area contributed by atoms with Crippen molar-refractivity contribution in [1.82, 2.24) is 0 Å². The van der Waals surface area contributed by atoms with Gasteiger partial charge in [0.1, 0.15) is 17.1 Å². The van der Waals surface area contributed by atoms with Gasteiger partial charge in [-0.2, -0.15) is 0 Å². The van der Waals surface area contributed by atoms with Gasteiger partial charge in [0.15, 0.2) is 0 Å². The van der Waals surface area contributed by atoms with E-state index in [0.717, 1.165) is 14.7 Å². The van der Waals surface area contributed by atoms with E-state index in [1.165, 1.54) is 7.11 Å². The molecule has 24 heavy (non-hydrogen) atoms. The molecule has 1 heterocycles. The molecule has 0 saturated carbocycles. The second kappa shape index (κ2) is 7.55. The molecule has 0 N–H and O–H groups in total. The van der Waals surface area contributed by atoms with Crippen LogP contribution in [0.3, 0.4) is 0 Å². The number of methoxy groups -OCH3 is 1. The van der Waals surface area contributed by atoms with Crippen LogP contribution in [0.25, 0.3) is 6.08 Å². The second-order valence-electron chi connectivity index (χ2n) is 5.13. The number of carbonyl (C=O) groups is 1. The lowest BCUT2D eigenvalue weighted by Crippen LogP contribution is -2.31. The van der Waals surface area contributed by atoms with Crippen molar-refractivity contribution in [2.45, 2.75) is 12.2 Å². The van der Waals surface area contributed by atoms with Gasteiger partial charge in [-0.15, -0.1) is 11.6 Å². The lowest BCUT2D eigenvalue weighted by Gasteiger charge is -2.25. The predicted molar refractivity (Wildman–Crippen MR) is 100 cm³/mol. The van der Waals surface area contributed by atoms with E-state index >= 15 is 0 Å². The van der Waals surface area contributed by atoms with Crippen LogP contribution in [0.1, 0.15) is 11.1 Å². The number of ether oxygens (including phenoxy) is 3. The first-order chi connectivity index (χ1) is 11.6. The molecule has 0 radical (unpaired) electrons. The third kappa shape index (κ3) is 3.74. The molecule has 0 spiro atoms. The van der Waals surface area contributed by atoms with Gasteiger partial charge in [0.25, 0.3) is 0 Å². The van der Waals surface area contributed by atoms with Crippen molar-refractivity contribution in [2.75, 3.05) is 7.11 Å². The molecular formula is C18H14ClIO4. The average Bonchev–Trinajstić information content (AvgIpc) is 2.61. The first kappa shape index (κ1) is 17.3. The standard InChI is InChI=1S/C18H14ClIO4/c1-22-18-15(17(21)23-14-5-3-13(20)4-6-14)9-12-8-11(10-19)2-7-16(12)24-18/h2-9,18H,10H2,1H3. The fourth-order valence-electron chi connectivity index (χ4n) is 2.31. The van der Waals surface area contributed by atoms with Crippen LogP contribution in [-0.2, 0) is 15.4 Å². The molecule has 0 aromatic heterocycles. The Bertz CT molecular complexity index is 786. The minimum atomic E-state index is -0.810. The van der Waals surface area contributed by atoms with Gasteiger partial charge in [-0.05, 0) is 70.6 Å². The van der Waals surface area contributed by atoms with Gasteiger partial charge >= 0.3 is 5.97 Å². The van der Waals surface area contributed by atoms with Gasteiger partial charge in [-0.25, -0.2) is 4.79 Å². The first-order valence-corrected chi connectivity index (χ1v) is 8.79. The van der Waals surface area contributed by atoms with Gasteiger partial charge in [-0.3, -0.25) is 0 Å². The SMILES string of the molecule is COC1Oc2ccc(CCl)cc2C=C1C(=O)Oc1ccc(I)cc1. The summed E-state index contributed by atoms with van der Waals surface area (Å²) in [5, 5.41) is 0. The molecule has 124 valence electrons. The van der Waals surface area contributed by atoms with Gasteiger partial charge in [-0.1, -0.05) is 6.07 Å². The molecule has 2 aromatic carbocycles. The van der Waals surface area contributed by atoms with Gasteiger partial charge < -0.3 is 14.2 Å². The number of hydrogen-bond acceptors (Lipinski definition) is 4. The number of halogens is 2. The minimum absolute atomic E-state index is 0.301. The largest absolute Gasteiger partial charge is 0.460 e. The van der Waals surface area contributed by atoms with Gasteiger partial charge in [0, 0.05) is 22.1 Å². The summed E-state index contributed by atoms with van der Waals surface area (Å²) in [6.45, 7) is 0. The van der Waals surface area contributed by atoms with E-state index in [4.69, 9.17) is 25.8 Å². The monoisotopic (exact) mass is 456 g/mol. The Morgan fingerprint density at radius 1 is 1.25 bits per heavy atom. The molecule has 0 amide bonds. The van der Waals surface area contributed by atoms with E-state index in [1.807, 2.05) is 30.3 Å². The Morgan fingerprint density at radius 2 is 2.00 bits per heavy atom. The lowest BCUT2D eigenvalue weighted by molar-refractivity contribution is -0.134. The fourth-order valence-corrected chi connectivity index (χ4v) is 2.84. The number of esters is 1. The quantitative estimate of drug-likeness (QED) is 0.296. The van der Waals surface area contributed by atoms with Crippen LogP contribution in [0, 0.1) is 3.57 Å². The van der Waals surface area contributed by atoms with Crippen LogP contribution in [0.15, 0.2) is 48.0 Å². The average molecular weight is 457 g/mol. The molecule has 4 nitrogen and oxygen atoms in total. The Kier molecular flexibility index (Phi) is 5.43. The van der Waals surface area contributed by atoms with Crippen LogP contribution in [0.2, 0.25) is 0 Å². The molecule has 3 rings (SSSR count). The maximum atomic E-state index is 12.5. The summed E-state index contributed by atoms with van der Waals surface area (Å²) in [5.74, 6) is 0.986. The van der Waals surface area contributed by atoms with Crippen LogP contribution in [-0.4, -0.2) is 19.4 Å². The lowest BCUT2D eigenvalue weighted by atomic mass is 10.0. The van der Waals surface area contributed by atoms with Crippen molar-refractivity contribution in [3.8, 4) is 11.5 Å². The zero-order chi connectivity index (χ0) is 17.1. The van der Waals surface area contributed by atoms with Crippen LogP contribution in [0.4, 0.5) is 0 Å². The smallest absolute Gasteiger partial charge is 0.345 e. The number of alkyl halides is 1. The van der Waals surface area contributed by atoms with Crippen molar-refractivity contribution >= 4 is 46.2 Å². The van der Waals surface area contributed by atoms with E-state index in [9.17, 15) is 4.79 Å². The third-order valence-electron chi connectivity index (χ3n) is 3.50. The van der Waals surface area contributed by atoms with E-state index in [2.05, 4.69) is 22.6 Å². The van der Waals surface area contributed by atoms with Crippen molar-refractivity contribution in [3.63, 3.8) is 0 Å². The summed E-state index contributed by atoms with van der Waals surface area (Å²) >= 11 is 8.05. The molecule has 1 aliphatic heterocycles. The van der Waals surface area contributed by atoms with E-state index < -0.39 is 12.3 Å². The van der Waals surface area contributed by atoms with E-state index in [1.54, 1.807) is 18.2 Å². The number of fused-ring (bicyclic) bond motifs is 1. The Hall–Kier alpha value is -1.57. The Balaban J connectivity index is 1.89. The molecule has 2 aromatic rings. The van der Waals surface area contributed by atoms with Gasteiger partial charge in [0.2, 0.25) is 6.29 Å². The summed E-state index contributed by atoms with van der Waals surface area (Å²) in [4.78, 5) is 12.5. The maximum absolute atomic E-state index is 12.5. The predicted octanol–water partition coefficient (Wildman–Crippen LogP) is 4.38. The normalized spacial score (nSPS) is 16.0. The van der Waals surface area contributed by atoms with Crippen molar-refractivity contribution < 1.29 is 19.0 Å². The van der Waals surface area contributed by atoms with Crippen LogP contribution < -0.4 is 9.47 Å². The number of hydrogen-bond donors (Lipinski definition) is 0. The second-order valence-corrected chi connectivity index (χ2v) is 6.65. The summed E-state index contributed by atoms with van der Waals surface area (Å²) in [7, 11) is 1.48.